The minimum atomic E-state index is 0.0300. The molecule has 110 valence electrons. The van der Waals surface area contributed by atoms with Gasteiger partial charge in [-0.2, -0.15) is 11.3 Å². The van der Waals surface area contributed by atoms with Gasteiger partial charge < -0.3 is 15.8 Å². The van der Waals surface area contributed by atoms with E-state index >= 15 is 0 Å². The van der Waals surface area contributed by atoms with Gasteiger partial charge in [-0.3, -0.25) is 0 Å². The van der Waals surface area contributed by atoms with E-state index in [1.54, 1.807) is 17.4 Å². The van der Waals surface area contributed by atoms with Crippen LogP contribution in [0.5, 0.6) is 0 Å². The highest BCUT2D eigenvalue weighted by molar-refractivity contribution is 7.07. The van der Waals surface area contributed by atoms with Crippen molar-refractivity contribution in [1.82, 2.24) is 0 Å². The SMILES string of the molecule is NC(=NO)c1ccc(N(Cc2ccsc2)C2CC2)cc1Cl. The van der Waals surface area contributed by atoms with E-state index in [9.17, 15) is 0 Å². The first-order chi connectivity index (χ1) is 10.2. The van der Waals surface area contributed by atoms with Gasteiger partial charge in [-0.05, 0) is 53.4 Å². The summed E-state index contributed by atoms with van der Waals surface area (Å²) in [5.41, 5.74) is 8.54. The van der Waals surface area contributed by atoms with Gasteiger partial charge in [0.1, 0.15) is 0 Å². The molecule has 0 unspecified atom stereocenters. The average molecular weight is 322 g/mol. The van der Waals surface area contributed by atoms with Crippen LogP contribution in [0.25, 0.3) is 0 Å². The molecule has 0 amide bonds. The van der Waals surface area contributed by atoms with Crippen molar-refractivity contribution in [3.63, 3.8) is 0 Å². The predicted molar refractivity (Wildman–Crippen MR) is 87.5 cm³/mol. The summed E-state index contributed by atoms with van der Waals surface area (Å²) in [4.78, 5) is 2.37. The van der Waals surface area contributed by atoms with Crippen molar-refractivity contribution in [2.24, 2.45) is 10.9 Å². The molecule has 0 aliphatic heterocycles. The quantitative estimate of drug-likeness (QED) is 0.382. The number of thiophene rings is 1. The third-order valence-electron chi connectivity index (χ3n) is 3.59. The third kappa shape index (κ3) is 3.14. The molecule has 1 aliphatic rings. The summed E-state index contributed by atoms with van der Waals surface area (Å²) < 4.78 is 0. The first kappa shape index (κ1) is 14.2. The van der Waals surface area contributed by atoms with E-state index in [0.29, 0.717) is 16.6 Å². The fourth-order valence-corrected chi connectivity index (χ4v) is 3.27. The van der Waals surface area contributed by atoms with Gasteiger partial charge >= 0.3 is 0 Å². The Morgan fingerprint density at radius 1 is 1.43 bits per heavy atom. The second-order valence-electron chi connectivity index (χ2n) is 5.14. The lowest BCUT2D eigenvalue weighted by atomic mass is 10.1. The zero-order valence-electron chi connectivity index (χ0n) is 11.4. The third-order valence-corrected chi connectivity index (χ3v) is 4.63. The summed E-state index contributed by atoms with van der Waals surface area (Å²) in [6, 6.07) is 8.39. The number of nitrogens with zero attached hydrogens (tertiary/aromatic N) is 2. The van der Waals surface area contributed by atoms with E-state index in [0.717, 1.165) is 12.2 Å². The highest BCUT2D eigenvalue weighted by atomic mass is 35.5. The molecule has 1 aromatic carbocycles. The maximum atomic E-state index is 8.76. The largest absolute Gasteiger partial charge is 0.409 e. The Hall–Kier alpha value is -1.72. The average Bonchev–Trinajstić information content (AvgIpc) is 3.20. The highest BCUT2D eigenvalue weighted by Gasteiger charge is 2.29. The zero-order valence-corrected chi connectivity index (χ0v) is 12.9. The van der Waals surface area contributed by atoms with Crippen LogP contribution in [0.15, 0.2) is 40.2 Å². The number of amidine groups is 1. The molecule has 0 atom stereocenters. The number of anilines is 1. The summed E-state index contributed by atoms with van der Waals surface area (Å²) >= 11 is 7.97. The second kappa shape index (κ2) is 5.95. The standard InChI is InChI=1S/C15H16ClN3OS/c16-14-7-12(3-4-13(14)15(17)18-20)19(11-1-2-11)8-10-5-6-21-9-10/h3-7,9,11,20H,1-2,8H2,(H2,17,18). The Morgan fingerprint density at radius 3 is 2.81 bits per heavy atom. The van der Waals surface area contributed by atoms with E-state index in [4.69, 9.17) is 22.5 Å². The molecule has 0 radical (unpaired) electrons. The van der Waals surface area contributed by atoms with Gasteiger partial charge in [0.2, 0.25) is 0 Å². The topological polar surface area (TPSA) is 61.9 Å². The van der Waals surface area contributed by atoms with E-state index in [2.05, 4.69) is 26.9 Å². The fourth-order valence-electron chi connectivity index (χ4n) is 2.34. The van der Waals surface area contributed by atoms with Crippen molar-refractivity contribution in [2.75, 3.05) is 4.90 Å². The smallest absolute Gasteiger partial charge is 0.171 e. The second-order valence-corrected chi connectivity index (χ2v) is 6.33. The van der Waals surface area contributed by atoms with Gasteiger partial charge in [-0.25, -0.2) is 0 Å². The van der Waals surface area contributed by atoms with Crippen LogP contribution in [-0.2, 0) is 6.54 Å². The molecule has 4 nitrogen and oxygen atoms in total. The number of halogens is 1. The number of nitrogens with two attached hydrogens (primary N) is 1. The minimum absolute atomic E-state index is 0.0300. The van der Waals surface area contributed by atoms with Crippen LogP contribution in [-0.4, -0.2) is 17.1 Å². The van der Waals surface area contributed by atoms with Gasteiger partial charge in [0.15, 0.2) is 5.84 Å². The lowest BCUT2D eigenvalue weighted by Gasteiger charge is -2.25. The molecule has 0 spiro atoms. The van der Waals surface area contributed by atoms with Crippen molar-refractivity contribution >= 4 is 34.5 Å². The van der Waals surface area contributed by atoms with E-state index in [1.165, 1.54) is 18.4 Å². The number of hydrogen-bond acceptors (Lipinski definition) is 4. The van der Waals surface area contributed by atoms with Gasteiger partial charge in [-0.15, -0.1) is 0 Å². The molecular weight excluding hydrogens is 306 g/mol. The van der Waals surface area contributed by atoms with Crippen molar-refractivity contribution in [3.05, 3.63) is 51.2 Å². The predicted octanol–water partition coefficient (Wildman–Crippen LogP) is 3.67. The molecule has 21 heavy (non-hydrogen) atoms. The number of rotatable bonds is 5. The lowest BCUT2D eigenvalue weighted by molar-refractivity contribution is 0.318. The van der Waals surface area contributed by atoms with Crippen molar-refractivity contribution in [1.29, 1.82) is 0 Å². The molecular formula is C15H16ClN3OS. The van der Waals surface area contributed by atoms with Crippen molar-refractivity contribution < 1.29 is 5.21 Å². The Bertz CT molecular complexity index is 653. The molecule has 0 bridgehead atoms. The Balaban J connectivity index is 1.88. The van der Waals surface area contributed by atoms with Gasteiger partial charge in [-0.1, -0.05) is 16.8 Å². The van der Waals surface area contributed by atoms with E-state index in [1.807, 2.05) is 12.1 Å². The van der Waals surface area contributed by atoms with Crippen LogP contribution in [0.3, 0.4) is 0 Å². The molecule has 1 fully saturated rings. The molecule has 6 heteroatoms. The minimum Gasteiger partial charge on any atom is -0.409 e. The van der Waals surface area contributed by atoms with E-state index in [-0.39, 0.29) is 5.84 Å². The molecule has 1 heterocycles. The number of hydrogen-bond donors (Lipinski definition) is 2. The van der Waals surface area contributed by atoms with Crippen molar-refractivity contribution in [3.8, 4) is 0 Å². The van der Waals surface area contributed by atoms with Crippen LogP contribution in [0.1, 0.15) is 24.0 Å². The Labute approximate surface area is 132 Å². The number of benzene rings is 1. The highest BCUT2D eigenvalue weighted by Crippen LogP contribution is 2.35. The normalized spacial score (nSPS) is 15.2. The molecule has 3 rings (SSSR count). The first-order valence-corrected chi connectivity index (χ1v) is 8.06. The summed E-state index contributed by atoms with van der Waals surface area (Å²) in [6.45, 7) is 0.882. The van der Waals surface area contributed by atoms with Crippen LogP contribution in [0, 0.1) is 0 Å². The zero-order chi connectivity index (χ0) is 14.8. The molecule has 0 saturated heterocycles. The summed E-state index contributed by atoms with van der Waals surface area (Å²) in [5, 5.41) is 16.5. The first-order valence-electron chi connectivity index (χ1n) is 6.74. The van der Waals surface area contributed by atoms with Gasteiger partial charge in [0, 0.05) is 23.8 Å². The number of oxime groups is 1. The van der Waals surface area contributed by atoms with E-state index < -0.39 is 0 Å². The maximum Gasteiger partial charge on any atom is 0.171 e. The Kier molecular flexibility index (Phi) is 4.03. The van der Waals surface area contributed by atoms with Crippen molar-refractivity contribution in [2.45, 2.75) is 25.4 Å². The van der Waals surface area contributed by atoms with Gasteiger partial charge in [0.05, 0.1) is 5.02 Å². The Morgan fingerprint density at radius 2 is 2.24 bits per heavy atom. The van der Waals surface area contributed by atoms with Crippen LogP contribution in [0.4, 0.5) is 5.69 Å². The molecule has 1 aromatic heterocycles. The summed E-state index contributed by atoms with van der Waals surface area (Å²) in [6.07, 6.45) is 2.42. The monoisotopic (exact) mass is 321 g/mol. The van der Waals surface area contributed by atoms with Crippen LogP contribution < -0.4 is 10.6 Å². The maximum absolute atomic E-state index is 8.76. The fraction of sp³-hybridized carbons (Fsp3) is 0.267. The van der Waals surface area contributed by atoms with Gasteiger partial charge in [0.25, 0.3) is 0 Å². The molecule has 1 aliphatic carbocycles. The lowest BCUT2D eigenvalue weighted by Crippen LogP contribution is -2.25. The summed E-state index contributed by atoms with van der Waals surface area (Å²) in [5.74, 6) is 0.0300. The molecule has 2 aromatic rings. The molecule has 1 saturated carbocycles. The van der Waals surface area contributed by atoms with Crippen LogP contribution in [0.2, 0.25) is 5.02 Å². The summed E-state index contributed by atoms with van der Waals surface area (Å²) in [7, 11) is 0. The van der Waals surface area contributed by atoms with Crippen LogP contribution >= 0.6 is 22.9 Å². The molecule has 3 N–H and O–H groups in total.